The van der Waals surface area contributed by atoms with Crippen molar-refractivity contribution in [2.45, 2.75) is 146 Å². The van der Waals surface area contributed by atoms with Crippen molar-refractivity contribution < 1.29 is 98.1 Å². The van der Waals surface area contributed by atoms with E-state index in [0.717, 1.165) is 6.92 Å². The van der Waals surface area contributed by atoms with Crippen molar-refractivity contribution in [2.24, 2.45) is 17.6 Å². The first-order valence-electron chi connectivity index (χ1n) is 23.3. The Labute approximate surface area is 434 Å². The first kappa shape index (κ1) is 65.4. The van der Waals surface area contributed by atoms with Gasteiger partial charge in [0.05, 0.1) is 25.0 Å². The molecular weight excluding hydrogens is 1020 g/mol. The van der Waals surface area contributed by atoms with Crippen LogP contribution in [0, 0.1) is 11.8 Å². The maximum Gasteiger partial charge on any atom is 0.326 e. The van der Waals surface area contributed by atoms with Gasteiger partial charge in [0, 0.05) is 25.0 Å². The number of hydrogen-bond acceptors (Lipinski definition) is 17. The van der Waals surface area contributed by atoms with E-state index in [1.807, 2.05) is 5.32 Å². The van der Waals surface area contributed by atoms with Gasteiger partial charge in [-0.15, -0.1) is 0 Å². The van der Waals surface area contributed by atoms with Gasteiger partial charge in [0.15, 0.2) is 0 Å². The molecule has 75 heavy (non-hydrogen) atoms. The largest absolute Gasteiger partial charge is 0.508 e. The van der Waals surface area contributed by atoms with Crippen LogP contribution in [0.1, 0.15) is 85.1 Å². The zero-order valence-electron chi connectivity index (χ0n) is 41.6. The second-order valence-corrected chi connectivity index (χ2v) is 18.1. The SMILES string of the molecule is CC[C@H](C)[C@H](NC(=O)[C@H](Cc1ccc(O)cc1)NC(=O)[C@@H](NC(=O)[C@@H](N)CC(=O)O)[C@@H](C)O)C(=O)N[C@@H](CS)C(=O)N[C@@H](CCC(=O)O)C(=O)N[C@H](C(=O)N[C@@H](CCC(=O)O)C(=O)N[C@@H](CC(=O)O)C(=O)O)C(C)C. The minimum atomic E-state index is -1.99. The molecule has 29 nitrogen and oxygen atoms in total. The Hall–Kier alpha value is -7.60. The second kappa shape index (κ2) is 31.9. The van der Waals surface area contributed by atoms with Crippen LogP contribution >= 0.6 is 12.6 Å². The highest BCUT2D eigenvalue weighted by Gasteiger charge is 2.37. The number of nitrogens with one attached hydrogen (secondary N) is 8. The molecule has 30 heteroatoms. The summed E-state index contributed by atoms with van der Waals surface area (Å²) in [6, 6.07) is -9.83. The zero-order valence-corrected chi connectivity index (χ0v) is 42.5. The minimum absolute atomic E-state index is 0.147. The Kier molecular flexibility index (Phi) is 27.8. The number of aromatic hydroxyl groups is 1. The fourth-order valence-electron chi connectivity index (χ4n) is 6.74. The number of hydrogen-bond donors (Lipinski definition) is 17. The summed E-state index contributed by atoms with van der Waals surface area (Å²) in [5.41, 5.74) is 5.98. The van der Waals surface area contributed by atoms with Gasteiger partial charge in [0.1, 0.15) is 54.1 Å². The minimum Gasteiger partial charge on any atom is -0.508 e. The quantitative estimate of drug-likeness (QED) is 0.0292. The van der Waals surface area contributed by atoms with Crippen LogP contribution in [0.2, 0.25) is 0 Å². The number of phenolic OH excluding ortho intramolecular Hbond substituents is 1. The van der Waals surface area contributed by atoms with E-state index in [0.29, 0.717) is 5.56 Å². The molecule has 0 fully saturated rings. The molecule has 0 aliphatic heterocycles. The Balaban J connectivity index is 3.48. The molecule has 1 rings (SSSR count). The average Bonchev–Trinajstić information content (AvgIpc) is 3.31. The number of aliphatic carboxylic acids is 5. The number of aliphatic hydroxyl groups is 1. The first-order chi connectivity index (χ1) is 34.9. The molecule has 0 aromatic heterocycles. The van der Waals surface area contributed by atoms with Crippen molar-refractivity contribution >= 4 is 89.7 Å². The molecule has 8 amide bonds. The van der Waals surface area contributed by atoms with Gasteiger partial charge in [-0.3, -0.25) is 57.5 Å². The lowest BCUT2D eigenvalue weighted by atomic mass is 9.96. The molecule has 1 aromatic rings. The number of carbonyl (C=O) groups excluding carboxylic acids is 8. The van der Waals surface area contributed by atoms with Crippen LogP contribution in [0.3, 0.4) is 0 Å². The third-order valence-electron chi connectivity index (χ3n) is 11.2. The van der Waals surface area contributed by atoms with E-state index >= 15 is 0 Å². The van der Waals surface area contributed by atoms with Gasteiger partial charge in [-0.25, -0.2) is 4.79 Å². The van der Waals surface area contributed by atoms with Crippen molar-refractivity contribution in [3.63, 3.8) is 0 Å². The van der Waals surface area contributed by atoms with E-state index in [1.54, 1.807) is 13.8 Å². The first-order valence-corrected chi connectivity index (χ1v) is 23.9. The molecule has 0 saturated carbocycles. The maximum absolute atomic E-state index is 14.1. The number of thiol groups is 1. The topological polar surface area (TPSA) is 486 Å². The van der Waals surface area contributed by atoms with Crippen LogP contribution in [-0.4, -0.2) is 179 Å². The van der Waals surface area contributed by atoms with Crippen molar-refractivity contribution in [3.8, 4) is 5.75 Å². The van der Waals surface area contributed by atoms with E-state index < -0.39 is 194 Å². The van der Waals surface area contributed by atoms with Gasteiger partial charge in [-0.2, -0.15) is 12.6 Å². The van der Waals surface area contributed by atoms with Gasteiger partial charge in [0.25, 0.3) is 0 Å². The van der Waals surface area contributed by atoms with E-state index in [4.69, 9.17) is 15.9 Å². The molecule has 0 saturated heterocycles. The van der Waals surface area contributed by atoms with Crippen molar-refractivity contribution in [2.75, 3.05) is 5.75 Å². The molecule has 0 spiro atoms. The maximum atomic E-state index is 14.1. The Morgan fingerprint density at radius 3 is 1.36 bits per heavy atom. The number of benzene rings is 1. The fourth-order valence-corrected chi connectivity index (χ4v) is 7.00. The van der Waals surface area contributed by atoms with Crippen molar-refractivity contribution in [3.05, 3.63) is 29.8 Å². The second-order valence-electron chi connectivity index (χ2n) is 17.7. The summed E-state index contributed by atoms with van der Waals surface area (Å²) in [6.07, 6.45) is -6.33. The highest BCUT2D eigenvalue weighted by molar-refractivity contribution is 7.80. The highest BCUT2D eigenvalue weighted by atomic mass is 32.1. The van der Waals surface area contributed by atoms with Gasteiger partial charge in [0.2, 0.25) is 47.3 Å². The van der Waals surface area contributed by atoms with Crippen LogP contribution in [-0.2, 0) is 68.7 Å². The number of phenols is 1. The third kappa shape index (κ3) is 23.4. The molecule has 0 radical (unpaired) electrons. The summed E-state index contributed by atoms with van der Waals surface area (Å²) in [5.74, 6) is -18.8. The molecule has 0 heterocycles. The monoisotopic (exact) mass is 1090 g/mol. The number of aliphatic hydroxyl groups excluding tert-OH is 1. The van der Waals surface area contributed by atoms with Crippen molar-refractivity contribution in [1.29, 1.82) is 0 Å². The molecule has 1 aromatic carbocycles. The van der Waals surface area contributed by atoms with E-state index in [1.165, 1.54) is 38.1 Å². The number of nitrogens with two attached hydrogens (primary N) is 1. The summed E-state index contributed by atoms with van der Waals surface area (Å²) < 4.78 is 0. The van der Waals surface area contributed by atoms with Gasteiger partial charge in [-0.05, 0) is 49.3 Å². The zero-order chi connectivity index (χ0) is 57.4. The number of rotatable bonds is 34. The molecule has 0 unspecified atom stereocenters. The standard InChI is InChI=1S/C45H67N9O20S/c1-6-20(4)35(53-40(68)27(15-22-7-9-23(56)10-8-22)49-44(72)36(21(5)55)54-37(65)24(46)16-32(61)62)43(71)51-29(18-75)41(69)47-26(12-14-31(59)60)39(67)52-34(19(2)3)42(70)48-25(11-13-30(57)58)38(66)50-28(45(73)74)17-33(63)64/h7-10,19-21,24-29,34-36,55-56,75H,6,11-18,46H2,1-5H3,(H,47,69)(H,48,70)(H,49,72)(H,50,66)(H,51,71)(H,52,67)(H,53,68)(H,54,65)(H,57,58)(H,59,60)(H,61,62)(H,63,64)(H,73,74)/t20-,21+,24-,25-,26-,27-,28-,29-,34-,35-,36-/m0/s1. The number of carbonyl (C=O) groups is 13. The molecule has 17 N–H and O–H groups in total. The molecule has 418 valence electrons. The van der Waals surface area contributed by atoms with E-state index in [9.17, 15) is 87.9 Å². The third-order valence-corrected chi connectivity index (χ3v) is 11.6. The molecule has 0 aliphatic carbocycles. The lowest BCUT2D eigenvalue weighted by Crippen LogP contribution is -2.62. The summed E-state index contributed by atoms with van der Waals surface area (Å²) >= 11 is 4.16. The predicted molar refractivity (Wildman–Crippen MR) is 261 cm³/mol. The lowest BCUT2D eigenvalue weighted by molar-refractivity contribution is -0.147. The van der Waals surface area contributed by atoms with Crippen LogP contribution in [0.4, 0.5) is 0 Å². The summed E-state index contributed by atoms with van der Waals surface area (Å²) in [4.78, 5) is 166. The van der Waals surface area contributed by atoms with Crippen LogP contribution in [0.5, 0.6) is 5.75 Å². The van der Waals surface area contributed by atoms with E-state index in [-0.39, 0.29) is 18.6 Å². The Morgan fingerprint density at radius 2 is 0.907 bits per heavy atom. The number of carboxylic acids is 5. The Morgan fingerprint density at radius 1 is 0.507 bits per heavy atom. The van der Waals surface area contributed by atoms with Gasteiger partial charge < -0.3 is 84.0 Å². The van der Waals surface area contributed by atoms with Crippen LogP contribution in [0.15, 0.2) is 24.3 Å². The van der Waals surface area contributed by atoms with Crippen LogP contribution in [0.25, 0.3) is 0 Å². The highest BCUT2D eigenvalue weighted by Crippen LogP contribution is 2.15. The molecule has 0 aliphatic rings. The van der Waals surface area contributed by atoms with Gasteiger partial charge >= 0.3 is 29.8 Å². The van der Waals surface area contributed by atoms with Gasteiger partial charge in [-0.1, -0.05) is 46.2 Å². The molecule has 11 atom stereocenters. The normalized spacial score (nSPS) is 15.4. The predicted octanol–water partition coefficient (Wildman–Crippen LogP) is -4.08. The molecular formula is C45H67N9O20S. The average molecular weight is 1090 g/mol. The summed E-state index contributed by atoms with van der Waals surface area (Å²) in [5, 5.41) is 84.7. The summed E-state index contributed by atoms with van der Waals surface area (Å²) in [7, 11) is 0. The summed E-state index contributed by atoms with van der Waals surface area (Å²) in [6.45, 7) is 7.17. The Bertz CT molecular complexity index is 2230. The van der Waals surface area contributed by atoms with E-state index in [2.05, 4.69) is 49.8 Å². The fraction of sp³-hybridized carbons (Fsp3) is 0.578. The number of carboxylic acid groups (broad SMARTS) is 5. The lowest BCUT2D eigenvalue weighted by Gasteiger charge is -2.30. The molecule has 0 bridgehead atoms. The van der Waals surface area contributed by atoms with Crippen LogP contribution < -0.4 is 48.3 Å². The smallest absolute Gasteiger partial charge is 0.326 e. The van der Waals surface area contributed by atoms with Crippen molar-refractivity contribution in [1.82, 2.24) is 42.5 Å². The number of amides is 8.